The molecule has 0 saturated heterocycles. The van der Waals surface area contributed by atoms with Crippen molar-refractivity contribution >= 4 is 34.3 Å². The van der Waals surface area contributed by atoms with E-state index in [1.165, 1.54) is 23.5 Å². The van der Waals surface area contributed by atoms with E-state index in [2.05, 4.69) is 11.1 Å². The Morgan fingerprint density at radius 2 is 2.00 bits per heavy atom. The molecule has 0 spiro atoms. The highest BCUT2D eigenvalue weighted by molar-refractivity contribution is 7.12. The molecule has 0 unspecified atom stereocenters. The summed E-state index contributed by atoms with van der Waals surface area (Å²) >= 11 is 3.02. The third-order valence-electron chi connectivity index (χ3n) is 3.17. The van der Waals surface area contributed by atoms with Gasteiger partial charge in [-0.15, -0.1) is 22.7 Å². The zero-order valence-electron chi connectivity index (χ0n) is 11.7. The lowest BCUT2D eigenvalue weighted by molar-refractivity contribution is 0.628. The molecule has 0 saturated carbocycles. The van der Waals surface area contributed by atoms with Crippen LogP contribution >= 0.6 is 22.7 Å². The Bertz CT molecular complexity index is 867. The number of nitriles is 1. The van der Waals surface area contributed by atoms with E-state index in [9.17, 15) is 9.65 Å². The normalized spacial score (nSPS) is 11.4. The third-order valence-corrected chi connectivity index (χ3v) is 5.01. The molecule has 2 heterocycles. The maximum Gasteiger partial charge on any atom is 0.134 e. The number of aryl methyl sites for hydroxylation is 1. The molecule has 0 radical (unpaired) electrons. The number of hydrogen-bond donors (Lipinski definition) is 0. The topological polar surface area (TPSA) is 36.7 Å². The molecule has 108 valence electrons. The molecule has 0 aliphatic rings. The zero-order chi connectivity index (χ0) is 15.5. The fraction of sp³-hybridized carbons (Fsp3) is 0.0588. The Morgan fingerprint density at radius 1 is 1.23 bits per heavy atom. The highest BCUT2D eigenvalue weighted by atomic mass is 32.1. The summed E-state index contributed by atoms with van der Waals surface area (Å²) < 4.78 is 13.0. The van der Waals surface area contributed by atoms with Crippen LogP contribution in [0.1, 0.15) is 15.4 Å². The number of hydrogen-bond acceptors (Lipinski definition) is 4. The van der Waals surface area contributed by atoms with Crippen molar-refractivity contribution in [2.45, 2.75) is 6.92 Å². The predicted octanol–water partition coefficient (Wildman–Crippen LogP) is 5.38. The average molecular weight is 326 g/mol. The average Bonchev–Trinajstić information content (AvgIpc) is 3.15. The van der Waals surface area contributed by atoms with E-state index in [0.29, 0.717) is 10.6 Å². The lowest BCUT2D eigenvalue weighted by Gasteiger charge is -1.96. The van der Waals surface area contributed by atoms with Gasteiger partial charge >= 0.3 is 0 Å². The number of rotatable bonds is 3. The van der Waals surface area contributed by atoms with Crippen LogP contribution in [0.2, 0.25) is 0 Å². The van der Waals surface area contributed by atoms with Gasteiger partial charge in [-0.1, -0.05) is 0 Å². The maximum atomic E-state index is 13.0. The van der Waals surface area contributed by atoms with Gasteiger partial charge in [0.15, 0.2) is 0 Å². The van der Waals surface area contributed by atoms with Crippen LogP contribution in [0.25, 0.3) is 22.9 Å². The van der Waals surface area contributed by atoms with Gasteiger partial charge in [0.1, 0.15) is 16.9 Å². The first-order valence-corrected chi connectivity index (χ1v) is 8.31. The fourth-order valence-corrected chi connectivity index (χ4v) is 3.61. The number of allylic oxidation sites excluding steroid dienone is 1. The number of thiophene rings is 1. The summed E-state index contributed by atoms with van der Waals surface area (Å²) in [6, 6.07) is 10.4. The number of halogens is 1. The van der Waals surface area contributed by atoms with Crippen LogP contribution in [0.3, 0.4) is 0 Å². The molecule has 2 aromatic heterocycles. The Labute approximate surface area is 135 Å². The Morgan fingerprint density at radius 3 is 2.64 bits per heavy atom. The molecule has 5 heteroatoms. The number of thiazole rings is 1. The first-order chi connectivity index (χ1) is 10.7. The maximum absolute atomic E-state index is 13.0. The van der Waals surface area contributed by atoms with Crippen molar-refractivity contribution in [2.24, 2.45) is 0 Å². The van der Waals surface area contributed by atoms with Crippen LogP contribution < -0.4 is 0 Å². The SMILES string of the molecule is Cc1ccsc1C=C(C#N)c1nc(-c2ccc(F)cc2)cs1. The van der Waals surface area contributed by atoms with Crippen molar-refractivity contribution in [3.05, 3.63) is 62.4 Å². The van der Waals surface area contributed by atoms with E-state index >= 15 is 0 Å². The molecule has 0 N–H and O–H groups in total. The van der Waals surface area contributed by atoms with Gasteiger partial charge in [0, 0.05) is 15.8 Å². The smallest absolute Gasteiger partial charge is 0.134 e. The molecular weight excluding hydrogens is 315 g/mol. The molecule has 0 aliphatic heterocycles. The minimum atomic E-state index is -0.273. The molecule has 3 aromatic rings. The van der Waals surface area contributed by atoms with Crippen LogP contribution in [-0.2, 0) is 0 Å². The van der Waals surface area contributed by atoms with E-state index in [4.69, 9.17) is 0 Å². The Kier molecular flexibility index (Phi) is 4.14. The van der Waals surface area contributed by atoms with E-state index in [0.717, 1.165) is 21.7 Å². The summed E-state index contributed by atoms with van der Waals surface area (Å²) in [4.78, 5) is 5.57. The molecule has 0 atom stereocenters. The lowest BCUT2D eigenvalue weighted by Crippen LogP contribution is -1.83. The second-order valence-corrected chi connectivity index (χ2v) is 6.49. The molecule has 0 aliphatic carbocycles. The van der Waals surface area contributed by atoms with Crippen molar-refractivity contribution in [3.8, 4) is 17.3 Å². The summed E-state index contributed by atoms with van der Waals surface area (Å²) in [6.45, 7) is 2.02. The van der Waals surface area contributed by atoms with E-state index in [-0.39, 0.29) is 5.82 Å². The van der Waals surface area contributed by atoms with Gasteiger partial charge in [0.2, 0.25) is 0 Å². The van der Waals surface area contributed by atoms with Gasteiger partial charge in [-0.3, -0.25) is 0 Å². The van der Waals surface area contributed by atoms with Crippen LogP contribution in [0.15, 0.2) is 41.1 Å². The van der Waals surface area contributed by atoms with Gasteiger partial charge < -0.3 is 0 Å². The van der Waals surface area contributed by atoms with E-state index in [1.54, 1.807) is 23.5 Å². The lowest BCUT2D eigenvalue weighted by atomic mass is 10.2. The molecular formula is C17H11FN2S2. The van der Waals surface area contributed by atoms with Gasteiger partial charge in [0.25, 0.3) is 0 Å². The second kappa shape index (κ2) is 6.22. The van der Waals surface area contributed by atoms with Crippen molar-refractivity contribution in [1.29, 1.82) is 5.26 Å². The first kappa shape index (κ1) is 14.6. The molecule has 1 aromatic carbocycles. The van der Waals surface area contributed by atoms with Crippen LogP contribution in [0.5, 0.6) is 0 Å². The standard InChI is InChI=1S/C17H11FN2S2/c1-11-6-7-21-16(11)8-13(9-19)17-20-15(10-22-17)12-2-4-14(18)5-3-12/h2-8,10H,1H3. The number of aromatic nitrogens is 1. The first-order valence-electron chi connectivity index (χ1n) is 6.55. The van der Waals surface area contributed by atoms with E-state index in [1.807, 2.05) is 29.8 Å². The van der Waals surface area contributed by atoms with Crippen LogP contribution in [-0.4, -0.2) is 4.98 Å². The largest absolute Gasteiger partial charge is 0.235 e. The molecule has 0 amide bonds. The highest BCUT2D eigenvalue weighted by Gasteiger charge is 2.10. The molecule has 0 fully saturated rings. The van der Waals surface area contributed by atoms with E-state index < -0.39 is 0 Å². The highest BCUT2D eigenvalue weighted by Crippen LogP contribution is 2.29. The van der Waals surface area contributed by atoms with Gasteiger partial charge in [-0.05, 0) is 54.3 Å². The molecule has 0 bridgehead atoms. The van der Waals surface area contributed by atoms with Gasteiger partial charge in [0.05, 0.1) is 11.3 Å². The minimum absolute atomic E-state index is 0.273. The quantitative estimate of drug-likeness (QED) is 0.606. The fourth-order valence-electron chi connectivity index (χ4n) is 1.96. The number of benzene rings is 1. The van der Waals surface area contributed by atoms with Crippen molar-refractivity contribution in [1.82, 2.24) is 4.98 Å². The van der Waals surface area contributed by atoms with Gasteiger partial charge in [-0.25, -0.2) is 9.37 Å². The molecule has 22 heavy (non-hydrogen) atoms. The van der Waals surface area contributed by atoms with Crippen molar-refractivity contribution in [2.75, 3.05) is 0 Å². The van der Waals surface area contributed by atoms with Gasteiger partial charge in [-0.2, -0.15) is 5.26 Å². The summed E-state index contributed by atoms with van der Waals surface area (Å²) in [6.07, 6.45) is 1.87. The van der Waals surface area contributed by atoms with Crippen LogP contribution in [0, 0.1) is 24.1 Å². The summed E-state index contributed by atoms with van der Waals surface area (Å²) in [5, 5.41) is 14.0. The summed E-state index contributed by atoms with van der Waals surface area (Å²) in [5.41, 5.74) is 3.29. The van der Waals surface area contributed by atoms with Crippen LogP contribution in [0.4, 0.5) is 4.39 Å². The number of nitrogens with zero attached hydrogens (tertiary/aromatic N) is 2. The molecule has 3 rings (SSSR count). The van der Waals surface area contributed by atoms with Crippen molar-refractivity contribution < 1.29 is 4.39 Å². The summed E-state index contributed by atoms with van der Waals surface area (Å²) in [5.74, 6) is -0.273. The van der Waals surface area contributed by atoms with Crippen molar-refractivity contribution in [3.63, 3.8) is 0 Å². The Hall–Kier alpha value is -2.29. The second-order valence-electron chi connectivity index (χ2n) is 4.68. The molecule has 2 nitrogen and oxygen atoms in total. The third kappa shape index (κ3) is 2.98. The minimum Gasteiger partial charge on any atom is -0.235 e. The Balaban J connectivity index is 1.95. The summed E-state index contributed by atoms with van der Waals surface area (Å²) in [7, 11) is 0. The monoisotopic (exact) mass is 326 g/mol. The zero-order valence-corrected chi connectivity index (χ0v) is 13.3. The predicted molar refractivity (Wildman–Crippen MR) is 90.0 cm³/mol.